The Labute approximate surface area is 195 Å². The summed E-state index contributed by atoms with van der Waals surface area (Å²) in [4.78, 5) is 7.96. The standard InChI is InChI=1S/C28H41N3O/c1-3-15-30(27-13-11-24-12-14-28(32-2)23-25(24)22-27)17-8-7-16-29-18-20-31(21-19-29)26-9-5-4-6-10-26/h4-6,9-10,12,14,23,27H,3,7-8,11,13,15-22H2,1-2H3/t27-/m0/s1. The first-order chi connectivity index (χ1) is 15.8. The van der Waals surface area contributed by atoms with Crippen molar-refractivity contribution in [3.05, 3.63) is 59.7 Å². The molecule has 0 spiro atoms. The van der Waals surface area contributed by atoms with E-state index in [9.17, 15) is 0 Å². The van der Waals surface area contributed by atoms with Gasteiger partial charge in [0, 0.05) is 37.9 Å². The molecule has 4 nitrogen and oxygen atoms in total. The number of para-hydroxylation sites is 1. The number of methoxy groups -OCH3 is 1. The number of ether oxygens (including phenoxy) is 1. The van der Waals surface area contributed by atoms with Crippen LogP contribution in [0.1, 0.15) is 43.7 Å². The Morgan fingerprint density at radius 2 is 1.75 bits per heavy atom. The fourth-order valence-electron chi connectivity index (χ4n) is 5.44. The zero-order valence-electron chi connectivity index (χ0n) is 20.1. The Morgan fingerprint density at radius 1 is 0.938 bits per heavy atom. The molecular weight excluding hydrogens is 394 g/mol. The predicted octanol–water partition coefficient (Wildman–Crippen LogP) is 4.87. The number of unbranched alkanes of at least 4 members (excludes halogenated alkanes) is 1. The Kier molecular flexibility index (Phi) is 8.47. The van der Waals surface area contributed by atoms with Crippen molar-refractivity contribution in [2.24, 2.45) is 0 Å². The lowest BCUT2D eigenvalue weighted by molar-refractivity contribution is 0.171. The number of hydrogen-bond acceptors (Lipinski definition) is 4. The predicted molar refractivity (Wildman–Crippen MR) is 135 cm³/mol. The number of anilines is 1. The van der Waals surface area contributed by atoms with E-state index in [0.717, 1.165) is 18.8 Å². The van der Waals surface area contributed by atoms with E-state index in [1.807, 2.05) is 0 Å². The zero-order valence-corrected chi connectivity index (χ0v) is 20.1. The van der Waals surface area contributed by atoms with Gasteiger partial charge in [0.2, 0.25) is 0 Å². The summed E-state index contributed by atoms with van der Waals surface area (Å²) in [5, 5.41) is 0. The van der Waals surface area contributed by atoms with Gasteiger partial charge in [0.05, 0.1) is 7.11 Å². The minimum atomic E-state index is 0.684. The lowest BCUT2D eigenvalue weighted by atomic mass is 9.87. The van der Waals surface area contributed by atoms with E-state index in [0.29, 0.717) is 6.04 Å². The fourth-order valence-corrected chi connectivity index (χ4v) is 5.44. The van der Waals surface area contributed by atoms with E-state index in [-0.39, 0.29) is 0 Å². The van der Waals surface area contributed by atoms with Crippen LogP contribution in [0.15, 0.2) is 48.5 Å². The van der Waals surface area contributed by atoms with Crippen molar-refractivity contribution in [3.63, 3.8) is 0 Å². The first kappa shape index (κ1) is 23.1. The molecule has 0 saturated carbocycles. The second-order valence-corrected chi connectivity index (χ2v) is 9.44. The van der Waals surface area contributed by atoms with Gasteiger partial charge in [-0.1, -0.05) is 31.2 Å². The SMILES string of the molecule is CCCN(CCCCN1CCN(c2ccccc2)CC1)[C@H]1CCc2ccc(OC)cc2C1. The first-order valence-electron chi connectivity index (χ1n) is 12.7. The summed E-state index contributed by atoms with van der Waals surface area (Å²) in [6, 6.07) is 18.2. The molecular formula is C28H41N3O. The molecule has 1 atom stereocenters. The molecule has 0 unspecified atom stereocenters. The van der Waals surface area contributed by atoms with Crippen molar-refractivity contribution in [1.29, 1.82) is 0 Å². The highest BCUT2D eigenvalue weighted by atomic mass is 16.5. The summed E-state index contributed by atoms with van der Waals surface area (Å²) < 4.78 is 5.47. The molecule has 1 fully saturated rings. The summed E-state index contributed by atoms with van der Waals surface area (Å²) >= 11 is 0. The van der Waals surface area contributed by atoms with Crippen molar-refractivity contribution >= 4 is 5.69 Å². The Morgan fingerprint density at radius 3 is 2.50 bits per heavy atom. The molecule has 32 heavy (non-hydrogen) atoms. The van der Waals surface area contributed by atoms with Crippen LogP contribution in [0.4, 0.5) is 5.69 Å². The van der Waals surface area contributed by atoms with Gasteiger partial charge in [0.1, 0.15) is 5.75 Å². The third-order valence-electron chi connectivity index (χ3n) is 7.31. The minimum Gasteiger partial charge on any atom is -0.497 e. The number of aryl methyl sites for hydroxylation is 1. The summed E-state index contributed by atoms with van der Waals surface area (Å²) in [6.45, 7) is 10.7. The lowest BCUT2D eigenvalue weighted by Crippen LogP contribution is -2.46. The van der Waals surface area contributed by atoms with Crippen LogP contribution in [0.25, 0.3) is 0 Å². The summed E-state index contributed by atoms with van der Waals surface area (Å²) in [5.41, 5.74) is 4.39. The minimum absolute atomic E-state index is 0.684. The highest BCUT2D eigenvalue weighted by Gasteiger charge is 2.24. The zero-order chi connectivity index (χ0) is 22.2. The van der Waals surface area contributed by atoms with Gasteiger partial charge in [-0.25, -0.2) is 0 Å². The number of benzene rings is 2. The molecule has 1 aliphatic heterocycles. The highest BCUT2D eigenvalue weighted by Crippen LogP contribution is 2.28. The molecule has 2 aliphatic rings. The maximum Gasteiger partial charge on any atom is 0.119 e. The van der Waals surface area contributed by atoms with Gasteiger partial charge in [-0.15, -0.1) is 0 Å². The Balaban J connectivity index is 1.20. The van der Waals surface area contributed by atoms with E-state index >= 15 is 0 Å². The van der Waals surface area contributed by atoms with Gasteiger partial charge in [0.25, 0.3) is 0 Å². The molecule has 2 aromatic rings. The van der Waals surface area contributed by atoms with Gasteiger partial charge in [-0.3, -0.25) is 4.90 Å². The lowest BCUT2D eigenvalue weighted by Gasteiger charge is -2.37. The summed E-state index contributed by atoms with van der Waals surface area (Å²) in [5.74, 6) is 0.999. The number of hydrogen-bond donors (Lipinski definition) is 0. The van der Waals surface area contributed by atoms with Crippen molar-refractivity contribution in [3.8, 4) is 5.75 Å². The fraction of sp³-hybridized carbons (Fsp3) is 0.571. The van der Waals surface area contributed by atoms with Crippen molar-refractivity contribution in [2.45, 2.75) is 51.5 Å². The van der Waals surface area contributed by atoms with Crippen molar-refractivity contribution in [2.75, 3.05) is 57.8 Å². The smallest absolute Gasteiger partial charge is 0.119 e. The third-order valence-corrected chi connectivity index (χ3v) is 7.31. The Hall–Kier alpha value is -2.04. The summed E-state index contributed by atoms with van der Waals surface area (Å²) in [6.07, 6.45) is 7.52. The van der Waals surface area contributed by atoms with Gasteiger partial charge in [-0.2, -0.15) is 0 Å². The topological polar surface area (TPSA) is 19.0 Å². The highest BCUT2D eigenvalue weighted by molar-refractivity contribution is 5.46. The van der Waals surface area contributed by atoms with E-state index in [1.54, 1.807) is 7.11 Å². The normalized spacial score (nSPS) is 19.2. The van der Waals surface area contributed by atoms with E-state index < -0.39 is 0 Å². The van der Waals surface area contributed by atoms with E-state index in [1.165, 1.54) is 88.1 Å². The molecule has 0 amide bonds. The van der Waals surface area contributed by atoms with Crippen LogP contribution in [0, 0.1) is 0 Å². The van der Waals surface area contributed by atoms with Gasteiger partial charge in [0.15, 0.2) is 0 Å². The Bertz CT molecular complexity index is 817. The number of rotatable bonds is 10. The summed E-state index contributed by atoms with van der Waals surface area (Å²) in [7, 11) is 1.77. The molecule has 2 aromatic carbocycles. The van der Waals surface area contributed by atoms with Gasteiger partial charge in [-0.05, 0) is 93.6 Å². The van der Waals surface area contributed by atoms with Crippen molar-refractivity contribution < 1.29 is 4.74 Å². The molecule has 4 rings (SSSR count). The van der Waals surface area contributed by atoms with Crippen LogP contribution < -0.4 is 9.64 Å². The van der Waals surface area contributed by atoms with Crippen LogP contribution in [-0.4, -0.2) is 68.8 Å². The molecule has 4 heteroatoms. The van der Waals surface area contributed by atoms with Crippen LogP contribution in [0.5, 0.6) is 5.75 Å². The molecule has 0 bridgehead atoms. The van der Waals surface area contributed by atoms with Gasteiger partial charge >= 0.3 is 0 Å². The first-order valence-corrected chi connectivity index (χ1v) is 12.7. The van der Waals surface area contributed by atoms with Crippen LogP contribution in [0.2, 0.25) is 0 Å². The van der Waals surface area contributed by atoms with Crippen LogP contribution in [-0.2, 0) is 12.8 Å². The van der Waals surface area contributed by atoms with Gasteiger partial charge < -0.3 is 14.5 Å². The molecule has 1 aliphatic carbocycles. The maximum atomic E-state index is 5.47. The molecule has 0 aromatic heterocycles. The second kappa shape index (κ2) is 11.7. The molecule has 1 heterocycles. The third kappa shape index (κ3) is 6.05. The number of fused-ring (bicyclic) bond motifs is 1. The molecule has 0 N–H and O–H groups in total. The number of nitrogens with zero attached hydrogens (tertiary/aromatic N) is 3. The average Bonchev–Trinajstić information content (AvgIpc) is 2.86. The van der Waals surface area contributed by atoms with Crippen LogP contribution in [0.3, 0.4) is 0 Å². The number of piperazine rings is 1. The van der Waals surface area contributed by atoms with E-state index in [2.05, 4.69) is 70.2 Å². The molecule has 0 radical (unpaired) electrons. The molecule has 1 saturated heterocycles. The molecule has 174 valence electrons. The van der Waals surface area contributed by atoms with E-state index in [4.69, 9.17) is 4.74 Å². The largest absolute Gasteiger partial charge is 0.497 e. The quantitative estimate of drug-likeness (QED) is 0.496. The second-order valence-electron chi connectivity index (χ2n) is 9.44. The van der Waals surface area contributed by atoms with Crippen LogP contribution >= 0.6 is 0 Å². The monoisotopic (exact) mass is 435 g/mol. The maximum absolute atomic E-state index is 5.47. The van der Waals surface area contributed by atoms with Crippen molar-refractivity contribution in [1.82, 2.24) is 9.80 Å². The average molecular weight is 436 g/mol.